The molecule has 1 saturated carbocycles. The van der Waals surface area contributed by atoms with Crippen LogP contribution in [0.4, 0.5) is 0 Å². The number of nitrogens with zero attached hydrogens (tertiary/aromatic N) is 2. The maximum Gasteiger partial charge on any atom is 0.236 e. The Balaban J connectivity index is 1.96. The largest absolute Gasteiger partial charge is 0.493 e. The summed E-state index contributed by atoms with van der Waals surface area (Å²) in [7, 11) is 5.24. The summed E-state index contributed by atoms with van der Waals surface area (Å²) in [5, 5.41) is 0. The van der Waals surface area contributed by atoms with Gasteiger partial charge < -0.3 is 14.4 Å². The minimum Gasteiger partial charge on any atom is -0.493 e. The molecular weight excluding hydrogens is 316 g/mol. The van der Waals surface area contributed by atoms with Crippen molar-refractivity contribution < 1.29 is 14.3 Å². The molecule has 1 amide bonds. The standard InChI is InChI=1S/C20H32N2O3/c1-5-22(14-16-11-12-18(24-3)19(13-16)25-4)15-20(23)21(2)17-9-7-6-8-10-17/h11-13,17H,5-10,14-15H2,1-4H3. The lowest BCUT2D eigenvalue weighted by molar-refractivity contribution is -0.133. The summed E-state index contributed by atoms with van der Waals surface area (Å²) in [6.07, 6.45) is 6.07. The summed E-state index contributed by atoms with van der Waals surface area (Å²) >= 11 is 0. The molecule has 0 spiro atoms. The van der Waals surface area contributed by atoms with Crippen LogP contribution in [0, 0.1) is 0 Å². The van der Waals surface area contributed by atoms with Gasteiger partial charge in [0.1, 0.15) is 0 Å². The van der Waals surface area contributed by atoms with Crippen LogP contribution in [0.25, 0.3) is 0 Å². The SMILES string of the molecule is CCN(CC(=O)N(C)C1CCCCC1)Cc1ccc(OC)c(OC)c1. The predicted octanol–water partition coefficient (Wildman–Crippen LogP) is 3.32. The van der Waals surface area contributed by atoms with Gasteiger partial charge in [-0.2, -0.15) is 0 Å². The van der Waals surface area contributed by atoms with E-state index in [1.165, 1.54) is 19.3 Å². The average Bonchev–Trinajstić information content (AvgIpc) is 2.67. The van der Waals surface area contributed by atoms with Crippen molar-refractivity contribution in [3.8, 4) is 11.5 Å². The predicted molar refractivity (Wildman–Crippen MR) is 100 cm³/mol. The van der Waals surface area contributed by atoms with E-state index in [1.54, 1.807) is 14.2 Å². The van der Waals surface area contributed by atoms with E-state index in [4.69, 9.17) is 9.47 Å². The zero-order valence-corrected chi connectivity index (χ0v) is 16.1. The first kappa shape index (κ1) is 19.6. The van der Waals surface area contributed by atoms with Gasteiger partial charge in [0.05, 0.1) is 20.8 Å². The molecule has 1 aliphatic carbocycles. The second-order valence-electron chi connectivity index (χ2n) is 6.79. The van der Waals surface area contributed by atoms with Gasteiger partial charge in [-0.15, -0.1) is 0 Å². The summed E-state index contributed by atoms with van der Waals surface area (Å²) in [6.45, 7) is 4.10. The maximum atomic E-state index is 12.7. The van der Waals surface area contributed by atoms with Crippen molar-refractivity contribution in [3.63, 3.8) is 0 Å². The van der Waals surface area contributed by atoms with Crippen LogP contribution in [0.2, 0.25) is 0 Å². The van der Waals surface area contributed by atoms with Gasteiger partial charge in [-0.05, 0) is 37.1 Å². The Morgan fingerprint density at radius 2 is 1.80 bits per heavy atom. The summed E-state index contributed by atoms with van der Waals surface area (Å²) in [5.74, 6) is 1.67. The quantitative estimate of drug-likeness (QED) is 0.723. The van der Waals surface area contributed by atoms with Crippen molar-refractivity contribution in [1.82, 2.24) is 9.80 Å². The maximum absolute atomic E-state index is 12.7. The van der Waals surface area contributed by atoms with E-state index < -0.39 is 0 Å². The molecule has 0 bridgehead atoms. The first-order valence-corrected chi connectivity index (χ1v) is 9.28. The molecule has 0 unspecified atom stereocenters. The number of benzene rings is 1. The van der Waals surface area contributed by atoms with Crippen LogP contribution < -0.4 is 9.47 Å². The number of ether oxygens (including phenoxy) is 2. The van der Waals surface area contributed by atoms with Crippen molar-refractivity contribution in [2.24, 2.45) is 0 Å². The highest BCUT2D eigenvalue weighted by atomic mass is 16.5. The lowest BCUT2D eigenvalue weighted by Gasteiger charge is -2.33. The molecule has 5 heteroatoms. The summed E-state index contributed by atoms with van der Waals surface area (Å²) in [5.41, 5.74) is 1.12. The molecule has 25 heavy (non-hydrogen) atoms. The molecule has 0 atom stereocenters. The van der Waals surface area contributed by atoms with Crippen LogP contribution in [-0.2, 0) is 11.3 Å². The fourth-order valence-corrected chi connectivity index (χ4v) is 3.49. The molecule has 1 fully saturated rings. The highest BCUT2D eigenvalue weighted by Gasteiger charge is 2.23. The molecule has 1 aromatic rings. The molecule has 0 N–H and O–H groups in total. The van der Waals surface area contributed by atoms with E-state index >= 15 is 0 Å². The van der Waals surface area contributed by atoms with Crippen LogP contribution in [0.3, 0.4) is 0 Å². The van der Waals surface area contributed by atoms with Gasteiger partial charge in [-0.25, -0.2) is 0 Å². The van der Waals surface area contributed by atoms with E-state index in [0.29, 0.717) is 12.6 Å². The highest BCUT2D eigenvalue weighted by molar-refractivity contribution is 5.78. The molecule has 0 saturated heterocycles. The third-order valence-corrected chi connectivity index (χ3v) is 5.18. The summed E-state index contributed by atoms with van der Waals surface area (Å²) < 4.78 is 10.7. The summed E-state index contributed by atoms with van der Waals surface area (Å²) in [4.78, 5) is 16.8. The Bertz CT molecular complexity index is 556. The monoisotopic (exact) mass is 348 g/mol. The second kappa shape index (κ2) is 9.66. The van der Waals surface area contributed by atoms with E-state index in [1.807, 2.05) is 30.1 Å². The minimum absolute atomic E-state index is 0.217. The van der Waals surface area contributed by atoms with Crippen LogP contribution in [0.5, 0.6) is 11.5 Å². The molecule has 1 aliphatic rings. The van der Waals surface area contributed by atoms with Gasteiger partial charge in [0.15, 0.2) is 11.5 Å². The Labute approximate surface area is 151 Å². The third kappa shape index (κ3) is 5.36. The third-order valence-electron chi connectivity index (χ3n) is 5.18. The van der Waals surface area contributed by atoms with Gasteiger partial charge in [0.25, 0.3) is 0 Å². The van der Waals surface area contributed by atoms with Crippen molar-refractivity contribution in [3.05, 3.63) is 23.8 Å². The smallest absolute Gasteiger partial charge is 0.236 e. The van der Waals surface area contributed by atoms with Crippen molar-refractivity contribution in [2.75, 3.05) is 34.4 Å². The fourth-order valence-electron chi connectivity index (χ4n) is 3.49. The number of hydrogen-bond donors (Lipinski definition) is 0. The lowest BCUT2D eigenvalue weighted by Crippen LogP contribution is -2.44. The number of carbonyl (C=O) groups excluding carboxylic acids is 1. The Morgan fingerprint density at radius 3 is 2.40 bits per heavy atom. The minimum atomic E-state index is 0.217. The number of hydrogen-bond acceptors (Lipinski definition) is 4. The number of likely N-dealkylation sites (N-methyl/N-ethyl adjacent to an activating group) is 2. The molecule has 140 valence electrons. The van der Waals surface area contributed by atoms with Crippen molar-refractivity contribution >= 4 is 5.91 Å². The molecule has 0 radical (unpaired) electrons. The van der Waals surface area contributed by atoms with E-state index in [0.717, 1.165) is 43.0 Å². The summed E-state index contributed by atoms with van der Waals surface area (Å²) in [6, 6.07) is 6.34. The molecule has 2 rings (SSSR count). The van der Waals surface area contributed by atoms with Crippen LogP contribution >= 0.6 is 0 Å². The highest BCUT2D eigenvalue weighted by Crippen LogP contribution is 2.28. The average molecular weight is 348 g/mol. The normalized spacial score (nSPS) is 15.2. The first-order chi connectivity index (χ1) is 12.1. The van der Waals surface area contributed by atoms with Crippen LogP contribution in [0.15, 0.2) is 18.2 Å². The van der Waals surface area contributed by atoms with E-state index in [2.05, 4.69) is 11.8 Å². The Hall–Kier alpha value is -1.75. The number of rotatable bonds is 8. The van der Waals surface area contributed by atoms with Gasteiger partial charge >= 0.3 is 0 Å². The molecule has 5 nitrogen and oxygen atoms in total. The number of carbonyl (C=O) groups is 1. The molecule has 0 aliphatic heterocycles. The van der Waals surface area contributed by atoms with E-state index in [-0.39, 0.29) is 5.91 Å². The first-order valence-electron chi connectivity index (χ1n) is 9.28. The molecule has 1 aromatic carbocycles. The van der Waals surface area contributed by atoms with E-state index in [9.17, 15) is 4.79 Å². The molecular formula is C20H32N2O3. The van der Waals surface area contributed by atoms with Gasteiger partial charge in [-0.3, -0.25) is 9.69 Å². The topological polar surface area (TPSA) is 42.0 Å². The van der Waals surface area contributed by atoms with Crippen LogP contribution in [0.1, 0.15) is 44.6 Å². The Morgan fingerprint density at radius 1 is 1.12 bits per heavy atom. The number of methoxy groups -OCH3 is 2. The second-order valence-corrected chi connectivity index (χ2v) is 6.79. The molecule has 0 aromatic heterocycles. The van der Waals surface area contributed by atoms with Crippen molar-refractivity contribution in [1.29, 1.82) is 0 Å². The van der Waals surface area contributed by atoms with Crippen molar-refractivity contribution in [2.45, 2.75) is 51.6 Å². The van der Waals surface area contributed by atoms with Crippen LogP contribution in [-0.4, -0.2) is 56.1 Å². The molecule has 0 heterocycles. The van der Waals surface area contributed by atoms with Gasteiger partial charge in [-0.1, -0.05) is 32.3 Å². The van der Waals surface area contributed by atoms with Gasteiger partial charge in [0.2, 0.25) is 5.91 Å². The zero-order valence-electron chi connectivity index (χ0n) is 16.1. The Kier molecular flexibility index (Phi) is 7.56. The van der Waals surface area contributed by atoms with Gasteiger partial charge in [0, 0.05) is 19.6 Å². The lowest BCUT2D eigenvalue weighted by atomic mass is 9.94. The zero-order chi connectivity index (χ0) is 18.2. The number of amides is 1. The fraction of sp³-hybridized carbons (Fsp3) is 0.650.